The lowest BCUT2D eigenvalue weighted by Crippen LogP contribution is -2.44. The number of nitrogens with zero attached hydrogens (tertiary/aromatic N) is 1. The number of amides is 2. The minimum Gasteiger partial charge on any atom is -0.467 e. The van der Waals surface area contributed by atoms with Crippen molar-refractivity contribution in [2.24, 2.45) is 5.73 Å². The van der Waals surface area contributed by atoms with Gasteiger partial charge in [0.05, 0.1) is 18.2 Å². The van der Waals surface area contributed by atoms with Gasteiger partial charge in [0.2, 0.25) is 5.91 Å². The van der Waals surface area contributed by atoms with Gasteiger partial charge in [0.15, 0.2) is 0 Å². The summed E-state index contributed by atoms with van der Waals surface area (Å²) in [5.41, 5.74) is 5.65. The molecule has 3 N–H and O–H groups in total. The topological polar surface area (TPSA) is 88.6 Å². The largest absolute Gasteiger partial charge is 0.467 e. The van der Waals surface area contributed by atoms with Gasteiger partial charge >= 0.3 is 0 Å². The number of hydrogen-bond acceptors (Lipinski definition) is 4. The van der Waals surface area contributed by atoms with Crippen LogP contribution in [-0.2, 0) is 11.3 Å². The summed E-state index contributed by atoms with van der Waals surface area (Å²) in [6.07, 6.45) is 1.72. The zero-order valence-electron chi connectivity index (χ0n) is 12.5. The van der Waals surface area contributed by atoms with Crippen molar-refractivity contribution in [1.29, 1.82) is 0 Å². The molecule has 2 heterocycles. The van der Waals surface area contributed by atoms with E-state index >= 15 is 0 Å². The Bertz CT molecular complexity index is 522. The quantitative estimate of drug-likeness (QED) is 0.879. The fourth-order valence-electron chi connectivity index (χ4n) is 2.33. The Morgan fingerprint density at radius 1 is 1.52 bits per heavy atom. The predicted octanol–water partition coefficient (Wildman–Crippen LogP) is 1.29. The lowest BCUT2D eigenvalue weighted by atomic mass is 10.1. The molecule has 0 radical (unpaired) electrons. The van der Waals surface area contributed by atoms with Gasteiger partial charge in [-0.05, 0) is 26.8 Å². The molecule has 0 aliphatic carbocycles. The number of carbonyl (C=O) groups excluding carboxylic acids is 2. The third kappa shape index (κ3) is 3.98. The highest BCUT2D eigenvalue weighted by atomic mass is 35.5. The predicted molar refractivity (Wildman–Crippen MR) is 81.2 cm³/mol. The number of furan rings is 1. The first-order valence-electron chi connectivity index (χ1n) is 6.70. The van der Waals surface area contributed by atoms with E-state index < -0.39 is 0 Å². The number of carbonyl (C=O) groups is 2. The molecule has 1 saturated heterocycles. The second kappa shape index (κ2) is 6.49. The fourth-order valence-corrected chi connectivity index (χ4v) is 2.33. The van der Waals surface area contributed by atoms with Crippen LogP contribution < -0.4 is 11.1 Å². The summed E-state index contributed by atoms with van der Waals surface area (Å²) in [7, 11) is 0. The SMILES string of the molecule is CC(C)(C)N1CC(NC(=O)c2coc(CN)c2)CC1=O.Cl. The number of halogens is 1. The second-order valence-corrected chi connectivity index (χ2v) is 6.06. The third-order valence-corrected chi connectivity index (χ3v) is 3.39. The van der Waals surface area contributed by atoms with Crippen LogP contribution in [0.1, 0.15) is 43.3 Å². The van der Waals surface area contributed by atoms with Crippen molar-refractivity contribution in [3.63, 3.8) is 0 Å². The molecule has 1 unspecified atom stereocenters. The standard InChI is InChI=1S/C14H21N3O3.ClH/c1-14(2,3)17-7-10(5-12(17)18)16-13(19)9-4-11(6-15)20-8-9;/h4,8,10H,5-7,15H2,1-3H3,(H,16,19);1H. The summed E-state index contributed by atoms with van der Waals surface area (Å²) in [5.74, 6) is 0.397. The smallest absolute Gasteiger partial charge is 0.254 e. The monoisotopic (exact) mass is 315 g/mol. The Balaban J connectivity index is 0.00000220. The van der Waals surface area contributed by atoms with Gasteiger partial charge in [-0.2, -0.15) is 0 Å². The second-order valence-electron chi connectivity index (χ2n) is 6.06. The normalized spacial score (nSPS) is 18.6. The van der Waals surface area contributed by atoms with Crippen LogP contribution in [-0.4, -0.2) is 34.8 Å². The van der Waals surface area contributed by atoms with Crippen molar-refractivity contribution >= 4 is 24.2 Å². The Kier molecular flexibility index (Phi) is 5.42. The number of hydrogen-bond donors (Lipinski definition) is 2. The highest BCUT2D eigenvalue weighted by Gasteiger charge is 2.36. The van der Waals surface area contributed by atoms with Crippen molar-refractivity contribution in [1.82, 2.24) is 10.2 Å². The number of nitrogens with one attached hydrogen (secondary N) is 1. The summed E-state index contributed by atoms with van der Waals surface area (Å²) in [6.45, 7) is 6.75. The molecule has 1 fully saturated rings. The van der Waals surface area contributed by atoms with Crippen molar-refractivity contribution in [2.75, 3.05) is 6.54 Å². The van der Waals surface area contributed by atoms with Gasteiger partial charge in [0.25, 0.3) is 5.91 Å². The molecular weight excluding hydrogens is 294 g/mol. The van der Waals surface area contributed by atoms with Crippen molar-refractivity contribution < 1.29 is 14.0 Å². The molecule has 2 amide bonds. The summed E-state index contributed by atoms with van der Waals surface area (Å²) >= 11 is 0. The van der Waals surface area contributed by atoms with Crippen molar-refractivity contribution in [2.45, 2.75) is 45.3 Å². The molecule has 7 heteroatoms. The maximum atomic E-state index is 12.1. The molecule has 1 aliphatic rings. The minimum absolute atomic E-state index is 0. The first kappa shape index (κ1) is 17.5. The van der Waals surface area contributed by atoms with Crippen LogP contribution in [0.15, 0.2) is 16.7 Å². The van der Waals surface area contributed by atoms with E-state index in [4.69, 9.17) is 10.2 Å². The fraction of sp³-hybridized carbons (Fsp3) is 0.571. The molecule has 2 rings (SSSR count). The van der Waals surface area contributed by atoms with Crippen molar-refractivity contribution in [3.05, 3.63) is 23.7 Å². The Hall–Kier alpha value is -1.53. The van der Waals surface area contributed by atoms with Crippen LogP contribution in [0.5, 0.6) is 0 Å². The summed E-state index contributed by atoms with van der Waals surface area (Å²) in [6, 6.07) is 1.46. The van der Waals surface area contributed by atoms with E-state index in [1.807, 2.05) is 20.8 Å². The number of nitrogens with two attached hydrogens (primary N) is 1. The molecular formula is C14H22ClN3O3. The van der Waals surface area contributed by atoms with E-state index in [1.165, 1.54) is 6.26 Å². The van der Waals surface area contributed by atoms with E-state index in [-0.39, 0.29) is 42.3 Å². The van der Waals surface area contributed by atoms with E-state index in [1.54, 1.807) is 11.0 Å². The minimum atomic E-state index is -0.234. The highest BCUT2D eigenvalue weighted by molar-refractivity contribution is 5.95. The van der Waals surface area contributed by atoms with Crippen LogP contribution in [0.4, 0.5) is 0 Å². The molecule has 1 aromatic rings. The van der Waals surface area contributed by atoms with Gasteiger partial charge in [-0.1, -0.05) is 0 Å². The van der Waals surface area contributed by atoms with Crippen LogP contribution in [0, 0.1) is 0 Å². The third-order valence-electron chi connectivity index (χ3n) is 3.39. The molecule has 6 nitrogen and oxygen atoms in total. The van der Waals surface area contributed by atoms with Gasteiger partial charge in [-0.25, -0.2) is 0 Å². The van der Waals surface area contributed by atoms with Gasteiger partial charge in [-0.3, -0.25) is 9.59 Å². The van der Waals surface area contributed by atoms with Gasteiger partial charge in [0.1, 0.15) is 12.0 Å². The van der Waals surface area contributed by atoms with Crippen LogP contribution >= 0.6 is 12.4 Å². The maximum absolute atomic E-state index is 12.1. The summed E-state index contributed by atoms with van der Waals surface area (Å²) < 4.78 is 5.13. The average molecular weight is 316 g/mol. The number of likely N-dealkylation sites (tertiary alicyclic amines) is 1. The van der Waals surface area contributed by atoms with Gasteiger partial charge in [-0.15, -0.1) is 12.4 Å². The van der Waals surface area contributed by atoms with Gasteiger partial charge < -0.3 is 20.4 Å². The van der Waals surface area contributed by atoms with E-state index in [0.717, 1.165) is 0 Å². The average Bonchev–Trinajstić information content (AvgIpc) is 2.94. The van der Waals surface area contributed by atoms with E-state index in [0.29, 0.717) is 24.3 Å². The van der Waals surface area contributed by atoms with Crippen LogP contribution in [0.25, 0.3) is 0 Å². The molecule has 0 aromatic carbocycles. The Morgan fingerprint density at radius 2 is 2.19 bits per heavy atom. The molecule has 0 spiro atoms. The van der Waals surface area contributed by atoms with Crippen LogP contribution in [0.2, 0.25) is 0 Å². The Morgan fingerprint density at radius 3 is 2.67 bits per heavy atom. The molecule has 1 aliphatic heterocycles. The molecule has 118 valence electrons. The first-order chi connectivity index (χ1) is 9.31. The summed E-state index contributed by atoms with van der Waals surface area (Å²) in [5, 5.41) is 2.86. The lowest BCUT2D eigenvalue weighted by molar-refractivity contribution is -0.131. The molecule has 1 atom stereocenters. The maximum Gasteiger partial charge on any atom is 0.254 e. The zero-order chi connectivity index (χ0) is 14.9. The lowest BCUT2D eigenvalue weighted by Gasteiger charge is -2.32. The van der Waals surface area contributed by atoms with Crippen molar-refractivity contribution in [3.8, 4) is 0 Å². The van der Waals surface area contributed by atoms with E-state index in [2.05, 4.69) is 5.32 Å². The highest BCUT2D eigenvalue weighted by Crippen LogP contribution is 2.22. The summed E-state index contributed by atoms with van der Waals surface area (Å²) in [4.78, 5) is 25.8. The van der Waals surface area contributed by atoms with Gasteiger partial charge in [0, 0.05) is 18.5 Å². The Labute approximate surface area is 130 Å². The first-order valence-corrected chi connectivity index (χ1v) is 6.70. The molecule has 0 saturated carbocycles. The molecule has 1 aromatic heterocycles. The molecule has 21 heavy (non-hydrogen) atoms. The molecule has 0 bridgehead atoms. The number of rotatable bonds is 3. The van der Waals surface area contributed by atoms with E-state index in [9.17, 15) is 9.59 Å². The zero-order valence-corrected chi connectivity index (χ0v) is 13.3. The van der Waals surface area contributed by atoms with Crippen LogP contribution in [0.3, 0.4) is 0 Å².